The Morgan fingerprint density at radius 2 is 2.29 bits per heavy atom. The summed E-state index contributed by atoms with van der Waals surface area (Å²) in [5.41, 5.74) is 2.61. The van der Waals surface area contributed by atoms with Crippen molar-refractivity contribution in [3.8, 4) is 12.3 Å². The first-order valence-corrected chi connectivity index (χ1v) is 5.96. The number of aliphatic hydroxyl groups is 3. The largest absolute Gasteiger partial charge is 0.393 e. The second-order valence-corrected chi connectivity index (χ2v) is 4.67. The van der Waals surface area contributed by atoms with Crippen molar-refractivity contribution in [1.82, 2.24) is 9.55 Å². The highest BCUT2D eigenvalue weighted by Crippen LogP contribution is 2.36. The van der Waals surface area contributed by atoms with Gasteiger partial charge in [0.25, 0.3) is 0 Å². The molecule has 1 aliphatic rings. The number of terminal acetylenes is 1. The smallest absolute Gasteiger partial charge is 0.351 e. The number of nitrogens with two attached hydrogens (primary N) is 1. The third-order valence-electron chi connectivity index (χ3n) is 3.41. The van der Waals surface area contributed by atoms with Crippen LogP contribution in [-0.4, -0.2) is 56.0 Å². The fourth-order valence-electron chi connectivity index (χ4n) is 2.13. The average molecular weight is 299 g/mol. The number of rotatable bonds is 3. The molecule has 0 spiro atoms. The van der Waals surface area contributed by atoms with Gasteiger partial charge in [-0.3, -0.25) is 4.57 Å². The van der Waals surface area contributed by atoms with Crippen molar-refractivity contribution in [2.45, 2.75) is 24.0 Å². The molecule has 9 heteroatoms. The third kappa shape index (κ3) is 2.28. The summed E-state index contributed by atoms with van der Waals surface area (Å²) in [5, 5.41) is 29.0. The first-order valence-electron chi connectivity index (χ1n) is 5.96. The summed E-state index contributed by atoms with van der Waals surface area (Å²) in [4.78, 5) is 15.3. The number of nitrogens with zero attached hydrogens (tertiary/aromatic N) is 2. The van der Waals surface area contributed by atoms with Gasteiger partial charge in [0.05, 0.1) is 12.2 Å². The van der Waals surface area contributed by atoms with E-state index in [1.54, 1.807) is 0 Å². The highest BCUT2D eigenvalue weighted by atomic mass is 19.1. The molecule has 2 heterocycles. The number of halogens is 1. The summed E-state index contributed by atoms with van der Waals surface area (Å²) in [6.07, 6.45) is 1.48. The van der Waals surface area contributed by atoms with Crippen LogP contribution in [0.25, 0.3) is 0 Å². The zero-order valence-corrected chi connectivity index (χ0v) is 10.8. The molecule has 1 aromatic heterocycles. The number of alkyl halides is 1. The van der Waals surface area contributed by atoms with Gasteiger partial charge in [0.1, 0.15) is 24.7 Å². The van der Waals surface area contributed by atoms with Crippen LogP contribution in [0.4, 0.5) is 10.2 Å². The Balaban J connectivity index is 2.49. The Labute approximate surface area is 118 Å². The zero-order chi connectivity index (χ0) is 15.8. The minimum Gasteiger partial charge on any atom is -0.393 e. The Kier molecular flexibility index (Phi) is 3.97. The van der Waals surface area contributed by atoms with E-state index in [0.29, 0.717) is 0 Å². The van der Waals surface area contributed by atoms with Crippen molar-refractivity contribution in [2.24, 2.45) is 0 Å². The lowest BCUT2D eigenvalue weighted by atomic mass is 9.98. The first-order chi connectivity index (χ1) is 9.90. The second kappa shape index (κ2) is 5.42. The van der Waals surface area contributed by atoms with Gasteiger partial charge in [0.15, 0.2) is 11.8 Å². The van der Waals surface area contributed by atoms with Crippen molar-refractivity contribution in [2.75, 3.05) is 19.0 Å². The summed E-state index contributed by atoms with van der Waals surface area (Å²) in [5.74, 6) is 2.02. The molecule has 5 N–H and O–H groups in total. The van der Waals surface area contributed by atoms with Gasteiger partial charge in [0, 0.05) is 6.20 Å². The van der Waals surface area contributed by atoms with Gasteiger partial charge in [-0.15, -0.1) is 6.42 Å². The van der Waals surface area contributed by atoms with Crippen LogP contribution in [0.15, 0.2) is 11.0 Å². The molecule has 21 heavy (non-hydrogen) atoms. The summed E-state index contributed by atoms with van der Waals surface area (Å²) < 4.78 is 19.0. The molecule has 0 amide bonds. The van der Waals surface area contributed by atoms with Crippen molar-refractivity contribution in [1.29, 1.82) is 0 Å². The van der Waals surface area contributed by atoms with E-state index in [1.165, 1.54) is 0 Å². The number of hydrogen-bond acceptors (Lipinski definition) is 7. The lowest BCUT2D eigenvalue weighted by molar-refractivity contribution is -0.138. The molecule has 1 saturated heterocycles. The molecule has 0 aromatic carbocycles. The van der Waals surface area contributed by atoms with Crippen LogP contribution < -0.4 is 11.4 Å². The molecule has 4 atom stereocenters. The summed E-state index contributed by atoms with van der Waals surface area (Å²) in [6, 6.07) is 0. The van der Waals surface area contributed by atoms with E-state index in [9.17, 15) is 24.5 Å². The molecule has 0 bridgehead atoms. The minimum atomic E-state index is -2.01. The SMILES string of the molecule is C#Cc1cn([C@@H]2O[C@@](CO)(CF)[C@@H](O)[C@H]2O)c(=O)nc1N. The number of ether oxygens (including phenoxy) is 1. The van der Waals surface area contributed by atoms with Crippen molar-refractivity contribution < 1.29 is 24.4 Å². The monoisotopic (exact) mass is 299 g/mol. The van der Waals surface area contributed by atoms with Crippen molar-refractivity contribution in [3.63, 3.8) is 0 Å². The van der Waals surface area contributed by atoms with Crippen LogP contribution in [0.2, 0.25) is 0 Å². The topological polar surface area (TPSA) is 131 Å². The summed E-state index contributed by atoms with van der Waals surface area (Å²) in [7, 11) is 0. The van der Waals surface area contributed by atoms with Gasteiger partial charge in [-0.1, -0.05) is 5.92 Å². The van der Waals surface area contributed by atoms with Gasteiger partial charge in [-0.05, 0) is 0 Å². The van der Waals surface area contributed by atoms with Gasteiger partial charge in [-0.25, -0.2) is 9.18 Å². The molecule has 1 fully saturated rings. The highest BCUT2D eigenvalue weighted by molar-refractivity contribution is 5.47. The normalized spacial score (nSPS) is 32.0. The van der Waals surface area contributed by atoms with Crippen LogP contribution in [0.5, 0.6) is 0 Å². The number of anilines is 1. The maximum Gasteiger partial charge on any atom is 0.351 e. The molecule has 1 aromatic rings. The van der Waals surface area contributed by atoms with Gasteiger partial charge in [0.2, 0.25) is 0 Å². The van der Waals surface area contributed by atoms with Crippen LogP contribution in [0.1, 0.15) is 11.8 Å². The van der Waals surface area contributed by atoms with Crippen LogP contribution in [0, 0.1) is 12.3 Å². The van der Waals surface area contributed by atoms with E-state index in [1.807, 2.05) is 0 Å². The Hall–Kier alpha value is -1.99. The number of nitrogen functional groups attached to an aromatic ring is 1. The molecule has 2 rings (SSSR count). The third-order valence-corrected chi connectivity index (χ3v) is 3.41. The number of aromatic nitrogens is 2. The Morgan fingerprint density at radius 3 is 2.76 bits per heavy atom. The van der Waals surface area contributed by atoms with E-state index in [2.05, 4.69) is 10.9 Å². The maximum atomic E-state index is 13.1. The van der Waals surface area contributed by atoms with Crippen molar-refractivity contribution in [3.05, 3.63) is 22.2 Å². The second-order valence-electron chi connectivity index (χ2n) is 4.67. The van der Waals surface area contributed by atoms with E-state index in [0.717, 1.165) is 10.8 Å². The first kappa shape index (κ1) is 15.4. The Morgan fingerprint density at radius 1 is 1.62 bits per heavy atom. The lowest BCUT2D eigenvalue weighted by Crippen LogP contribution is -2.48. The fraction of sp³-hybridized carbons (Fsp3) is 0.500. The molecule has 0 unspecified atom stereocenters. The highest BCUT2D eigenvalue weighted by Gasteiger charge is 2.55. The number of hydrogen-bond donors (Lipinski definition) is 4. The number of aliphatic hydroxyl groups excluding tert-OH is 3. The van der Waals surface area contributed by atoms with Crippen molar-refractivity contribution >= 4 is 5.82 Å². The molecule has 0 radical (unpaired) electrons. The summed E-state index contributed by atoms with van der Waals surface area (Å²) in [6.45, 7) is -2.13. The van der Waals surface area contributed by atoms with E-state index in [-0.39, 0.29) is 11.4 Å². The van der Waals surface area contributed by atoms with Gasteiger partial charge < -0.3 is 25.8 Å². The van der Waals surface area contributed by atoms with Crippen LogP contribution in [-0.2, 0) is 4.74 Å². The van der Waals surface area contributed by atoms with E-state index in [4.69, 9.17) is 16.9 Å². The lowest BCUT2D eigenvalue weighted by Gasteiger charge is -2.26. The molecule has 8 nitrogen and oxygen atoms in total. The predicted molar refractivity (Wildman–Crippen MR) is 68.8 cm³/mol. The molecular weight excluding hydrogens is 285 g/mol. The van der Waals surface area contributed by atoms with Gasteiger partial charge in [-0.2, -0.15) is 4.98 Å². The molecular formula is C12H14FN3O5. The minimum absolute atomic E-state index is 0.0710. The Bertz CT molecular complexity index is 637. The zero-order valence-electron chi connectivity index (χ0n) is 10.8. The summed E-state index contributed by atoms with van der Waals surface area (Å²) >= 11 is 0. The van der Waals surface area contributed by atoms with Crippen LogP contribution >= 0.6 is 0 Å². The fourth-order valence-corrected chi connectivity index (χ4v) is 2.13. The van der Waals surface area contributed by atoms with Crippen LogP contribution in [0.3, 0.4) is 0 Å². The van der Waals surface area contributed by atoms with E-state index < -0.39 is 43.0 Å². The average Bonchev–Trinajstić information content (AvgIpc) is 2.73. The molecule has 0 saturated carbocycles. The molecule has 0 aliphatic carbocycles. The maximum absolute atomic E-state index is 13.1. The van der Waals surface area contributed by atoms with E-state index >= 15 is 0 Å². The standard InChI is InChI=1S/C12H14FN3O5/c1-2-6-3-16(11(20)15-9(6)14)10-7(18)8(19)12(4-13,5-17)21-10/h1,3,7-8,10,17-19H,4-5H2,(H2,14,15,20)/t7-,8+,10-,12-/m1/s1. The van der Waals surface area contributed by atoms with Gasteiger partial charge >= 0.3 is 5.69 Å². The molecule has 1 aliphatic heterocycles. The predicted octanol–water partition coefficient (Wildman–Crippen LogP) is -2.24. The quantitative estimate of drug-likeness (QED) is 0.464. The molecule has 114 valence electrons.